The lowest BCUT2D eigenvalue weighted by molar-refractivity contribution is 0.445. The van der Waals surface area contributed by atoms with Gasteiger partial charge in [0.2, 0.25) is 0 Å². The van der Waals surface area contributed by atoms with Gasteiger partial charge in [-0.15, -0.1) is 0 Å². The fraction of sp³-hybridized carbons (Fsp3) is 0.727. The van der Waals surface area contributed by atoms with Crippen molar-refractivity contribution in [3.63, 3.8) is 0 Å². The standard InChI is InChI=1S/C11H19ClN2/c1-7(2)14-10(11(4,5)6)9(12)8(3)13-14/h7H,1-6H3. The molecule has 1 aromatic rings. The van der Waals surface area contributed by atoms with Crippen molar-refractivity contribution in [3.05, 3.63) is 16.4 Å². The minimum absolute atomic E-state index is 0.0443. The molecule has 1 rings (SSSR count). The molecule has 0 aliphatic rings. The van der Waals surface area contributed by atoms with Crippen molar-refractivity contribution in [2.24, 2.45) is 0 Å². The summed E-state index contributed by atoms with van der Waals surface area (Å²) in [4.78, 5) is 0. The molecule has 0 aromatic carbocycles. The van der Waals surface area contributed by atoms with E-state index in [1.807, 2.05) is 11.6 Å². The van der Waals surface area contributed by atoms with Crippen LogP contribution in [0.15, 0.2) is 0 Å². The van der Waals surface area contributed by atoms with Gasteiger partial charge in [-0.25, -0.2) is 0 Å². The Labute approximate surface area is 91.3 Å². The second-order valence-electron chi connectivity index (χ2n) is 5.04. The summed E-state index contributed by atoms with van der Waals surface area (Å²) in [5, 5.41) is 5.27. The predicted molar refractivity (Wildman–Crippen MR) is 61.1 cm³/mol. The molecule has 0 fully saturated rings. The van der Waals surface area contributed by atoms with E-state index in [2.05, 4.69) is 39.7 Å². The monoisotopic (exact) mass is 214 g/mol. The summed E-state index contributed by atoms with van der Waals surface area (Å²) in [6, 6.07) is 0.357. The van der Waals surface area contributed by atoms with Crippen LogP contribution < -0.4 is 0 Å². The van der Waals surface area contributed by atoms with Gasteiger partial charge in [0.05, 0.1) is 16.4 Å². The van der Waals surface area contributed by atoms with Gasteiger partial charge in [-0.2, -0.15) is 5.10 Å². The molecule has 0 aliphatic carbocycles. The molecule has 0 N–H and O–H groups in total. The molecule has 0 saturated carbocycles. The van der Waals surface area contributed by atoms with Crippen LogP contribution in [0.5, 0.6) is 0 Å². The molecule has 1 aromatic heterocycles. The van der Waals surface area contributed by atoms with Crippen molar-refractivity contribution < 1.29 is 0 Å². The zero-order chi connectivity index (χ0) is 11.1. The lowest BCUT2D eigenvalue weighted by Gasteiger charge is -2.22. The summed E-state index contributed by atoms with van der Waals surface area (Å²) in [6.07, 6.45) is 0. The molecule has 3 heteroatoms. The summed E-state index contributed by atoms with van der Waals surface area (Å²) < 4.78 is 2.03. The molecule has 1 heterocycles. The Hall–Kier alpha value is -0.500. The predicted octanol–water partition coefficient (Wildman–Crippen LogP) is 3.72. The molecule has 0 radical (unpaired) electrons. The third-order valence-corrected chi connectivity index (χ3v) is 2.66. The average Bonchev–Trinajstić information content (AvgIpc) is 2.27. The molecule has 0 spiro atoms. The number of rotatable bonds is 1. The quantitative estimate of drug-likeness (QED) is 0.697. The van der Waals surface area contributed by atoms with Gasteiger partial charge in [0.15, 0.2) is 0 Å². The molecule has 0 bridgehead atoms. The van der Waals surface area contributed by atoms with E-state index in [1.54, 1.807) is 0 Å². The van der Waals surface area contributed by atoms with Crippen LogP contribution >= 0.6 is 11.6 Å². The van der Waals surface area contributed by atoms with Crippen molar-refractivity contribution in [2.45, 2.75) is 53.0 Å². The van der Waals surface area contributed by atoms with E-state index in [-0.39, 0.29) is 5.41 Å². The molecular formula is C11H19ClN2. The lowest BCUT2D eigenvalue weighted by Crippen LogP contribution is -2.20. The summed E-state index contributed by atoms with van der Waals surface area (Å²) in [5.74, 6) is 0. The number of aromatic nitrogens is 2. The normalized spacial score (nSPS) is 12.6. The third kappa shape index (κ3) is 1.95. The number of hydrogen-bond acceptors (Lipinski definition) is 1. The first-order chi connectivity index (χ1) is 6.25. The Kier molecular flexibility index (Phi) is 2.96. The molecule has 14 heavy (non-hydrogen) atoms. The van der Waals surface area contributed by atoms with Crippen molar-refractivity contribution in [1.29, 1.82) is 0 Å². The van der Waals surface area contributed by atoms with Crippen LogP contribution in [-0.2, 0) is 5.41 Å². The SMILES string of the molecule is Cc1nn(C(C)C)c(C(C)(C)C)c1Cl. The van der Waals surface area contributed by atoms with E-state index in [9.17, 15) is 0 Å². The Balaban J connectivity index is 3.38. The van der Waals surface area contributed by atoms with Gasteiger partial charge in [-0.1, -0.05) is 32.4 Å². The summed E-state index contributed by atoms with van der Waals surface area (Å²) in [6.45, 7) is 12.7. The second kappa shape index (κ2) is 3.58. The Morgan fingerprint density at radius 2 is 1.79 bits per heavy atom. The highest BCUT2D eigenvalue weighted by Crippen LogP contribution is 2.33. The molecule has 0 saturated heterocycles. The van der Waals surface area contributed by atoms with Gasteiger partial charge < -0.3 is 0 Å². The van der Waals surface area contributed by atoms with Gasteiger partial charge in [0, 0.05) is 11.5 Å². The van der Waals surface area contributed by atoms with Gasteiger partial charge in [-0.05, 0) is 20.8 Å². The maximum Gasteiger partial charge on any atom is 0.0852 e. The smallest absolute Gasteiger partial charge is 0.0852 e. The van der Waals surface area contributed by atoms with Crippen molar-refractivity contribution >= 4 is 11.6 Å². The van der Waals surface area contributed by atoms with E-state index in [1.165, 1.54) is 0 Å². The fourth-order valence-corrected chi connectivity index (χ4v) is 1.98. The van der Waals surface area contributed by atoms with Crippen molar-refractivity contribution in [1.82, 2.24) is 9.78 Å². The molecule has 0 amide bonds. The zero-order valence-corrected chi connectivity index (χ0v) is 10.6. The molecule has 80 valence electrons. The van der Waals surface area contributed by atoms with E-state index in [0.717, 1.165) is 16.4 Å². The molecule has 2 nitrogen and oxygen atoms in total. The van der Waals surface area contributed by atoms with Crippen LogP contribution in [0.25, 0.3) is 0 Å². The highest BCUT2D eigenvalue weighted by molar-refractivity contribution is 6.32. The largest absolute Gasteiger partial charge is 0.265 e. The van der Waals surface area contributed by atoms with Crippen LogP contribution in [0.1, 0.15) is 52.0 Å². The van der Waals surface area contributed by atoms with Gasteiger partial charge in [0.25, 0.3) is 0 Å². The van der Waals surface area contributed by atoms with Crippen LogP contribution in [0.3, 0.4) is 0 Å². The Morgan fingerprint density at radius 1 is 1.29 bits per heavy atom. The summed E-state index contributed by atoms with van der Waals surface area (Å²) in [7, 11) is 0. The maximum absolute atomic E-state index is 6.26. The first-order valence-electron chi connectivity index (χ1n) is 5.00. The molecule has 0 atom stereocenters. The zero-order valence-electron chi connectivity index (χ0n) is 9.85. The number of aryl methyl sites for hydroxylation is 1. The topological polar surface area (TPSA) is 17.8 Å². The number of halogens is 1. The van der Waals surface area contributed by atoms with E-state index < -0.39 is 0 Å². The summed E-state index contributed by atoms with van der Waals surface area (Å²) >= 11 is 6.26. The summed E-state index contributed by atoms with van der Waals surface area (Å²) in [5.41, 5.74) is 2.10. The lowest BCUT2D eigenvalue weighted by atomic mass is 9.91. The highest BCUT2D eigenvalue weighted by atomic mass is 35.5. The molecule has 0 aliphatic heterocycles. The van der Waals surface area contributed by atoms with Crippen LogP contribution in [0.2, 0.25) is 5.02 Å². The first-order valence-corrected chi connectivity index (χ1v) is 5.38. The minimum Gasteiger partial charge on any atom is -0.265 e. The van der Waals surface area contributed by atoms with Gasteiger partial charge >= 0.3 is 0 Å². The van der Waals surface area contributed by atoms with Crippen LogP contribution in [0.4, 0.5) is 0 Å². The van der Waals surface area contributed by atoms with E-state index in [0.29, 0.717) is 6.04 Å². The third-order valence-electron chi connectivity index (χ3n) is 2.21. The number of nitrogens with zero attached hydrogens (tertiary/aromatic N) is 2. The van der Waals surface area contributed by atoms with Crippen LogP contribution in [-0.4, -0.2) is 9.78 Å². The minimum atomic E-state index is 0.0443. The van der Waals surface area contributed by atoms with Crippen molar-refractivity contribution in [2.75, 3.05) is 0 Å². The molecular weight excluding hydrogens is 196 g/mol. The van der Waals surface area contributed by atoms with Gasteiger partial charge in [0.1, 0.15) is 0 Å². The fourth-order valence-electron chi connectivity index (χ4n) is 1.57. The second-order valence-corrected chi connectivity index (χ2v) is 5.41. The maximum atomic E-state index is 6.26. The number of hydrogen-bond donors (Lipinski definition) is 0. The van der Waals surface area contributed by atoms with Crippen molar-refractivity contribution in [3.8, 4) is 0 Å². The highest BCUT2D eigenvalue weighted by Gasteiger charge is 2.25. The Morgan fingerprint density at radius 3 is 2.07 bits per heavy atom. The average molecular weight is 215 g/mol. The first kappa shape index (κ1) is 11.6. The Bertz CT molecular complexity index is 332. The van der Waals surface area contributed by atoms with E-state index >= 15 is 0 Å². The van der Waals surface area contributed by atoms with Crippen LogP contribution in [0, 0.1) is 6.92 Å². The van der Waals surface area contributed by atoms with Gasteiger partial charge in [-0.3, -0.25) is 4.68 Å². The van der Waals surface area contributed by atoms with E-state index in [4.69, 9.17) is 11.6 Å². The molecule has 0 unspecified atom stereocenters.